The minimum Gasteiger partial charge on any atom is -0.486 e. The summed E-state index contributed by atoms with van der Waals surface area (Å²) in [6, 6.07) is 10.2. The SMILES string of the molecule is CC1CCN(c2nnc(SCCOc3ccccc3[N+](=O)[O-])n2Cc2ccco2)CC1. The number of hydrogen-bond acceptors (Lipinski definition) is 8. The van der Waals surface area contributed by atoms with Crippen LogP contribution in [0.2, 0.25) is 0 Å². The zero-order valence-electron chi connectivity index (χ0n) is 17.3. The number of nitrogens with zero attached hydrogens (tertiary/aromatic N) is 5. The fourth-order valence-corrected chi connectivity index (χ4v) is 4.29. The van der Waals surface area contributed by atoms with E-state index in [0.29, 0.717) is 18.9 Å². The summed E-state index contributed by atoms with van der Waals surface area (Å²) in [5.41, 5.74) is -0.0323. The average molecular weight is 444 g/mol. The number of benzene rings is 1. The number of piperidine rings is 1. The highest BCUT2D eigenvalue weighted by Crippen LogP contribution is 2.28. The highest BCUT2D eigenvalue weighted by atomic mass is 32.2. The maximum Gasteiger partial charge on any atom is 0.310 e. The van der Waals surface area contributed by atoms with Crippen molar-refractivity contribution in [1.29, 1.82) is 0 Å². The van der Waals surface area contributed by atoms with Crippen molar-refractivity contribution in [3.8, 4) is 5.75 Å². The summed E-state index contributed by atoms with van der Waals surface area (Å²) in [7, 11) is 0. The van der Waals surface area contributed by atoms with Crippen LogP contribution >= 0.6 is 11.8 Å². The Morgan fingerprint density at radius 2 is 2.03 bits per heavy atom. The second kappa shape index (κ2) is 9.86. The Kier molecular flexibility index (Phi) is 6.76. The van der Waals surface area contributed by atoms with E-state index in [0.717, 1.165) is 48.7 Å². The van der Waals surface area contributed by atoms with E-state index < -0.39 is 4.92 Å². The molecule has 2 aromatic heterocycles. The Balaban J connectivity index is 1.43. The van der Waals surface area contributed by atoms with Crippen LogP contribution in [-0.2, 0) is 6.54 Å². The molecule has 164 valence electrons. The normalized spacial score (nSPS) is 14.7. The first kappa shape index (κ1) is 21.2. The Labute approximate surface area is 184 Å². The Morgan fingerprint density at radius 3 is 2.77 bits per heavy atom. The van der Waals surface area contributed by atoms with Crippen LogP contribution in [0.5, 0.6) is 5.75 Å². The van der Waals surface area contributed by atoms with Crippen LogP contribution in [0.15, 0.2) is 52.2 Å². The molecule has 0 unspecified atom stereocenters. The third kappa shape index (κ3) is 5.19. The molecule has 0 aliphatic carbocycles. The predicted molar refractivity (Wildman–Crippen MR) is 118 cm³/mol. The topological polar surface area (TPSA) is 99.5 Å². The molecule has 1 aliphatic heterocycles. The molecule has 9 nitrogen and oxygen atoms in total. The van der Waals surface area contributed by atoms with Gasteiger partial charge in [-0.3, -0.25) is 14.7 Å². The summed E-state index contributed by atoms with van der Waals surface area (Å²) < 4.78 is 13.3. The summed E-state index contributed by atoms with van der Waals surface area (Å²) in [6.07, 6.45) is 3.94. The minimum absolute atomic E-state index is 0.0323. The van der Waals surface area contributed by atoms with Crippen molar-refractivity contribution in [2.24, 2.45) is 5.92 Å². The first-order valence-electron chi connectivity index (χ1n) is 10.3. The molecule has 0 bridgehead atoms. The molecule has 31 heavy (non-hydrogen) atoms. The van der Waals surface area contributed by atoms with Crippen LogP contribution < -0.4 is 9.64 Å². The van der Waals surface area contributed by atoms with Gasteiger partial charge in [0.05, 0.1) is 24.3 Å². The molecule has 10 heteroatoms. The monoisotopic (exact) mass is 443 g/mol. The van der Waals surface area contributed by atoms with Crippen molar-refractivity contribution >= 4 is 23.4 Å². The number of hydrogen-bond donors (Lipinski definition) is 0. The van der Waals surface area contributed by atoms with Crippen molar-refractivity contribution < 1.29 is 14.1 Å². The number of furan rings is 1. The zero-order chi connectivity index (χ0) is 21.6. The van der Waals surface area contributed by atoms with Crippen molar-refractivity contribution in [2.45, 2.75) is 31.5 Å². The van der Waals surface area contributed by atoms with Gasteiger partial charge in [0.15, 0.2) is 10.9 Å². The van der Waals surface area contributed by atoms with Gasteiger partial charge in [-0.05, 0) is 37.0 Å². The highest BCUT2D eigenvalue weighted by Gasteiger charge is 2.23. The molecule has 0 atom stereocenters. The number of nitro groups is 1. The Hall–Kier alpha value is -3.01. The summed E-state index contributed by atoms with van der Waals surface area (Å²) in [6.45, 7) is 5.07. The summed E-state index contributed by atoms with van der Waals surface area (Å²) in [5, 5.41) is 20.8. The van der Waals surface area contributed by atoms with Crippen LogP contribution in [0.3, 0.4) is 0 Å². The Bertz CT molecular complexity index is 999. The molecule has 0 radical (unpaired) electrons. The van der Waals surface area contributed by atoms with E-state index >= 15 is 0 Å². The molecule has 1 aliphatic rings. The molecular weight excluding hydrogens is 418 g/mol. The molecule has 1 saturated heterocycles. The fourth-order valence-electron chi connectivity index (χ4n) is 3.54. The average Bonchev–Trinajstić information content (AvgIpc) is 3.43. The van der Waals surface area contributed by atoms with E-state index in [1.54, 1.807) is 24.5 Å². The number of thioether (sulfide) groups is 1. The minimum atomic E-state index is -0.436. The van der Waals surface area contributed by atoms with Gasteiger partial charge in [0.25, 0.3) is 0 Å². The van der Waals surface area contributed by atoms with Crippen molar-refractivity contribution in [3.63, 3.8) is 0 Å². The lowest BCUT2D eigenvalue weighted by Crippen LogP contribution is -2.35. The van der Waals surface area contributed by atoms with E-state index in [1.807, 2.05) is 12.1 Å². The van der Waals surface area contributed by atoms with Crippen LogP contribution in [0.4, 0.5) is 11.6 Å². The van der Waals surface area contributed by atoms with Gasteiger partial charge in [0.1, 0.15) is 5.76 Å². The number of nitro benzene ring substituents is 1. The maximum absolute atomic E-state index is 11.1. The molecule has 3 heterocycles. The lowest BCUT2D eigenvalue weighted by Gasteiger charge is -2.31. The number of anilines is 1. The van der Waals surface area contributed by atoms with Crippen LogP contribution in [0.1, 0.15) is 25.5 Å². The zero-order valence-corrected chi connectivity index (χ0v) is 18.2. The third-order valence-corrected chi connectivity index (χ3v) is 6.22. The summed E-state index contributed by atoms with van der Waals surface area (Å²) in [4.78, 5) is 13.0. The van der Waals surface area contributed by atoms with Crippen LogP contribution in [0, 0.1) is 16.0 Å². The molecule has 0 saturated carbocycles. The van der Waals surface area contributed by atoms with Crippen molar-refractivity contribution in [1.82, 2.24) is 14.8 Å². The molecular formula is C21H25N5O4S. The predicted octanol–water partition coefficient (Wildman–Crippen LogP) is 4.24. The smallest absolute Gasteiger partial charge is 0.310 e. The molecule has 1 aromatic carbocycles. The quantitative estimate of drug-likeness (QED) is 0.210. The lowest BCUT2D eigenvalue weighted by atomic mass is 10.00. The van der Waals surface area contributed by atoms with E-state index in [9.17, 15) is 10.1 Å². The molecule has 0 amide bonds. The number of aromatic nitrogens is 3. The molecule has 1 fully saturated rings. The fraction of sp³-hybridized carbons (Fsp3) is 0.429. The van der Waals surface area contributed by atoms with Gasteiger partial charge in [0, 0.05) is 24.9 Å². The second-order valence-electron chi connectivity index (χ2n) is 7.54. The van der Waals surface area contributed by atoms with Gasteiger partial charge >= 0.3 is 5.69 Å². The first-order valence-corrected chi connectivity index (χ1v) is 11.3. The van der Waals surface area contributed by atoms with Gasteiger partial charge in [-0.15, -0.1) is 10.2 Å². The lowest BCUT2D eigenvalue weighted by molar-refractivity contribution is -0.385. The van der Waals surface area contributed by atoms with E-state index in [-0.39, 0.29) is 11.4 Å². The number of rotatable bonds is 9. The van der Waals surface area contributed by atoms with E-state index in [4.69, 9.17) is 9.15 Å². The van der Waals surface area contributed by atoms with Crippen molar-refractivity contribution in [2.75, 3.05) is 30.3 Å². The summed E-state index contributed by atoms with van der Waals surface area (Å²) in [5.74, 6) is 3.27. The third-order valence-electron chi connectivity index (χ3n) is 5.29. The second-order valence-corrected chi connectivity index (χ2v) is 8.60. The van der Waals surface area contributed by atoms with Gasteiger partial charge in [0.2, 0.25) is 5.95 Å². The number of para-hydroxylation sites is 2. The van der Waals surface area contributed by atoms with Gasteiger partial charge in [-0.2, -0.15) is 0 Å². The van der Waals surface area contributed by atoms with Crippen LogP contribution in [-0.4, -0.2) is 45.1 Å². The molecule has 0 N–H and O–H groups in total. The largest absolute Gasteiger partial charge is 0.486 e. The number of ether oxygens (including phenoxy) is 1. The van der Waals surface area contributed by atoms with Gasteiger partial charge in [-0.1, -0.05) is 30.8 Å². The molecule has 4 rings (SSSR count). The molecule has 3 aromatic rings. The standard InChI is InChI=1S/C21H25N5O4S/c1-16-8-10-24(11-9-16)20-22-23-21(25(20)15-17-5-4-12-29-17)31-14-13-30-19-7-3-2-6-18(19)26(27)28/h2-7,12,16H,8-11,13-15H2,1H3. The van der Waals surface area contributed by atoms with Crippen LogP contribution in [0.25, 0.3) is 0 Å². The maximum atomic E-state index is 11.1. The van der Waals surface area contributed by atoms with Gasteiger partial charge < -0.3 is 14.1 Å². The molecule has 0 spiro atoms. The van der Waals surface area contributed by atoms with Crippen molar-refractivity contribution in [3.05, 3.63) is 58.5 Å². The Morgan fingerprint density at radius 1 is 1.23 bits per heavy atom. The van der Waals surface area contributed by atoms with Gasteiger partial charge in [-0.25, -0.2) is 0 Å². The highest BCUT2D eigenvalue weighted by molar-refractivity contribution is 7.99. The first-order chi connectivity index (χ1) is 15.1. The van der Waals surface area contributed by atoms with E-state index in [1.165, 1.54) is 17.8 Å². The van der Waals surface area contributed by atoms with E-state index in [2.05, 4.69) is 26.6 Å². The summed E-state index contributed by atoms with van der Waals surface area (Å²) >= 11 is 1.51.